The van der Waals surface area contributed by atoms with E-state index in [2.05, 4.69) is 15.3 Å². The molecule has 0 aliphatic heterocycles. The molecule has 0 fully saturated rings. The van der Waals surface area contributed by atoms with Gasteiger partial charge < -0.3 is 24.5 Å². The van der Waals surface area contributed by atoms with Gasteiger partial charge in [0.05, 0.1) is 27.8 Å². The standard InChI is InChI=1S/C16H19N3O6/c1-8-10(15(21)19-16(22)17-8)7-13(20)18-9-5-11(23-2)14(25-4)12(6-9)24-3/h5-6H,7H2,1-4H3,(H,18,20)(H2,17,19,21,22). The lowest BCUT2D eigenvalue weighted by Gasteiger charge is -2.14. The number of methoxy groups -OCH3 is 3. The fourth-order valence-electron chi connectivity index (χ4n) is 2.36. The van der Waals surface area contributed by atoms with Gasteiger partial charge >= 0.3 is 5.69 Å². The van der Waals surface area contributed by atoms with Gasteiger partial charge in [-0.25, -0.2) is 4.79 Å². The molecule has 0 unspecified atom stereocenters. The van der Waals surface area contributed by atoms with Crippen LogP contribution >= 0.6 is 0 Å². The van der Waals surface area contributed by atoms with Crippen molar-refractivity contribution in [2.45, 2.75) is 13.3 Å². The first kappa shape index (κ1) is 18.1. The monoisotopic (exact) mass is 349 g/mol. The molecule has 0 atom stereocenters. The molecule has 134 valence electrons. The average molecular weight is 349 g/mol. The third kappa shape index (κ3) is 4.00. The number of H-pyrrole nitrogens is 2. The van der Waals surface area contributed by atoms with Crippen LogP contribution in [0.25, 0.3) is 0 Å². The van der Waals surface area contributed by atoms with Gasteiger partial charge in [-0.3, -0.25) is 14.6 Å². The molecule has 25 heavy (non-hydrogen) atoms. The van der Waals surface area contributed by atoms with E-state index in [4.69, 9.17) is 14.2 Å². The van der Waals surface area contributed by atoms with Crippen LogP contribution in [0.3, 0.4) is 0 Å². The number of hydrogen-bond donors (Lipinski definition) is 3. The minimum atomic E-state index is -0.615. The van der Waals surface area contributed by atoms with E-state index in [-0.39, 0.29) is 12.0 Å². The quantitative estimate of drug-likeness (QED) is 0.701. The lowest BCUT2D eigenvalue weighted by Crippen LogP contribution is -2.29. The van der Waals surface area contributed by atoms with Crippen LogP contribution in [-0.4, -0.2) is 37.2 Å². The molecule has 2 aromatic rings. The molecule has 2 rings (SSSR count). The Morgan fingerprint density at radius 2 is 1.64 bits per heavy atom. The van der Waals surface area contributed by atoms with E-state index in [1.54, 1.807) is 19.1 Å². The normalized spacial score (nSPS) is 10.2. The van der Waals surface area contributed by atoms with Crippen molar-refractivity contribution >= 4 is 11.6 Å². The number of hydrogen-bond acceptors (Lipinski definition) is 6. The molecular weight excluding hydrogens is 330 g/mol. The first-order valence-electron chi connectivity index (χ1n) is 7.31. The van der Waals surface area contributed by atoms with Crippen molar-refractivity contribution < 1.29 is 19.0 Å². The Kier molecular flexibility index (Phi) is 5.48. The number of rotatable bonds is 6. The Hall–Kier alpha value is -3.23. The summed E-state index contributed by atoms with van der Waals surface area (Å²) in [4.78, 5) is 39.8. The van der Waals surface area contributed by atoms with Crippen molar-refractivity contribution in [3.8, 4) is 17.2 Å². The third-order valence-corrected chi connectivity index (χ3v) is 3.54. The predicted molar refractivity (Wildman–Crippen MR) is 90.9 cm³/mol. The van der Waals surface area contributed by atoms with Crippen LogP contribution in [0.4, 0.5) is 5.69 Å². The molecule has 9 nitrogen and oxygen atoms in total. The lowest BCUT2D eigenvalue weighted by molar-refractivity contribution is -0.115. The maximum absolute atomic E-state index is 12.3. The van der Waals surface area contributed by atoms with Crippen LogP contribution in [-0.2, 0) is 11.2 Å². The smallest absolute Gasteiger partial charge is 0.325 e. The second-order valence-electron chi connectivity index (χ2n) is 5.15. The molecule has 0 spiro atoms. The summed E-state index contributed by atoms with van der Waals surface area (Å²) in [7, 11) is 4.40. The maximum atomic E-state index is 12.3. The van der Waals surface area contributed by atoms with Gasteiger partial charge in [0.2, 0.25) is 11.7 Å². The van der Waals surface area contributed by atoms with Gasteiger partial charge in [0.25, 0.3) is 5.56 Å². The number of carbonyl (C=O) groups excluding carboxylic acids is 1. The Bertz CT molecular complexity index is 874. The van der Waals surface area contributed by atoms with Crippen molar-refractivity contribution in [3.63, 3.8) is 0 Å². The summed E-state index contributed by atoms with van der Waals surface area (Å²) in [6.45, 7) is 1.55. The Morgan fingerprint density at radius 1 is 1.04 bits per heavy atom. The van der Waals surface area contributed by atoms with Gasteiger partial charge in [-0.05, 0) is 6.92 Å². The van der Waals surface area contributed by atoms with Gasteiger partial charge in [0, 0.05) is 29.1 Å². The molecule has 0 saturated heterocycles. The molecule has 1 aromatic carbocycles. The van der Waals surface area contributed by atoms with E-state index < -0.39 is 17.2 Å². The third-order valence-electron chi connectivity index (χ3n) is 3.54. The molecule has 1 amide bonds. The maximum Gasteiger partial charge on any atom is 0.325 e. The summed E-state index contributed by atoms with van der Waals surface area (Å²) >= 11 is 0. The highest BCUT2D eigenvalue weighted by atomic mass is 16.5. The Labute approximate surface area is 142 Å². The highest BCUT2D eigenvalue weighted by molar-refractivity contribution is 5.93. The zero-order valence-electron chi connectivity index (χ0n) is 14.3. The summed E-state index contributed by atoms with van der Waals surface area (Å²) in [5, 5.41) is 2.66. The summed E-state index contributed by atoms with van der Waals surface area (Å²) in [5.74, 6) is 0.733. The summed E-state index contributed by atoms with van der Waals surface area (Å²) < 4.78 is 15.7. The Morgan fingerprint density at radius 3 is 2.12 bits per heavy atom. The number of aryl methyl sites for hydroxylation is 1. The molecule has 9 heteroatoms. The van der Waals surface area contributed by atoms with Gasteiger partial charge in [-0.2, -0.15) is 0 Å². The largest absolute Gasteiger partial charge is 0.493 e. The zero-order chi connectivity index (χ0) is 18.6. The van der Waals surface area contributed by atoms with Crippen LogP contribution in [0.5, 0.6) is 17.2 Å². The number of aromatic nitrogens is 2. The molecule has 0 aliphatic rings. The predicted octanol–water partition coefficient (Wildman–Crippen LogP) is 0.579. The molecule has 0 saturated carbocycles. The second kappa shape index (κ2) is 7.56. The van der Waals surface area contributed by atoms with Crippen LogP contribution in [0, 0.1) is 6.92 Å². The number of carbonyl (C=O) groups is 1. The minimum Gasteiger partial charge on any atom is -0.493 e. The zero-order valence-corrected chi connectivity index (χ0v) is 14.3. The van der Waals surface area contributed by atoms with Gasteiger partial charge in [-0.1, -0.05) is 0 Å². The molecule has 0 aliphatic carbocycles. The first-order chi connectivity index (χ1) is 11.9. The van der Waals surface area contributed by atoms with E-state index in [1.807, 2.05) is 0 Å². The summed E-state index contributed by atoms with van der Waals surface area (Å²) in [6, 6.07) is 3.15. The van der Waals surface area contributed by atoms with Crippen molar-refractivity contribution in [1.29, 1.82) is 0 Å². The van der Waals surface area contributed by atoms with E-state index in [0.29, 0.717) is 28.6 Å². The highest BCUT2D eigenvalue weighted by Gasteiger charge is 2.16. The van der Waals surface area contributed by atoms with E-state index >= 15 is 0 Å². The van der Waals surface area contributed by atoms with Crippen molar-refractivity contribution in [2.24, 2.45) is 0 Å². The summed E-state index contributed by atoms with van der Waals surface area (Å²) in [5.41, 5.74) is -0.270. The average Bonchev–Trinajstić information content (AvgIpc) is 2.57. The van der Waals surface area contributed by atoms with Crippen LogP contribution in [0.1, 0.15) is 11.3 Å². The van der Waals surface area contributed by atoms with Crippen LogP contribution in [0.15, 0.2) is 21.7 Å². The van der Waals surface area contributed by atoms with E-state index in [1.165, 1.54) is 21.3 Å². The molecule has 0 radical (unpaired) electrons. The fraction of sp³-hybridized carbons (Fsp3) is 0.312. The first-order valence-corrected chi connectivity index (χ1v) is 7.31. The molecule has 3 N–H and O–H groups in total. The molecular formula is C16H19N3O6. The number of benzene rings is 1. The number of amides is 1. The van der Waals surface area contributed by atoms with Crippen LogP contribution in [0.2, 0.25) is 0 Å². The topological polar surface area (TPSA) is 123 Å². The number of ether oxygens (including phenoxy) is 3. The fourth-order valence-corrected chi connectivity index (χ4v) is 2.36. The minimum absolute atomic E-state index is 0.185. The van der Waals surface area contributed by atoms with Gasteiger partial charge in [0.15, 0.2) is 11.5 Å². The van der Waals surface area contributed by atoms with Crippen molar-refractivity contribution in [1.82, 2.24) is 9.97 Å². The van der Waals surface area contributed by atoms with Gasteiger partial charge in [0.1, 0.15) is 0 Å². The van der Waals surface area contributed by atoms with Crippen LogP contribution < -0.4 is 30.8 Å². The number of aromatic amines is 2. The van der Waals surface area contributed by atoms with Crippen molar-refractivity contribution in [2.75, 3.05) is 26.6 Å². The highest BCUT2D eigenvalue weighted by Crippen LogP contribution is 2.39. The molecule has 1 aromatic heterocycles. The second-order valence-corrected chi connectivity index (χ2v) is 5.15. The Balaban J connectivity index is 2.27. The summed E-state index contributed by atoms with van der Waals surface area (Å²) in [6.07, 6.45) is -0.200. The van der Waals surface area contributed by atoms with Crippen molar-refractivity contribution in [3.05, 3.63) is 44.2 Å². The van der Waals surface area contributed by atoms with E-state index in [9.17, 15) is 14.4 Å². The molecule has 1 heterocycles. The number of anilines is 1. The number of nitrogens with one attached hydrogen (secondary N) is 3. The van der Waals surface area contributed by atoms with Gasteiger partial charge in [-0.15, -0.1) is 0 Å². The molecule has 0 bridgehead atoms. The SMILES string of the molecule is COc1cc(NC(=O)Cc2c(C)[nH]c(=O)[nH]c2=O)cc(OC)c1OC. The van der Waals surface area contributed by atoms with E-state index in [0.717, 1.165) is 0 Å². The lowest BCUT2D eigenvalue weighted by atomic mass is 10.1.